The highest BCUT2D eigenvalue weighted by atomic mass is 79.9. The Bertz CT molecular complexity index is 1850. The molecule has 0 spiro atoms. The van der Waals surface area contributed by atoms with E-state index >= 15 is 0 Å². The van der Waals surface area contributed by atoms with E-state index in [0.717, 1.165) is 87.2 Å². The second-order valence-electron chi connectivity index (χ2n) is 15.2. The van der Waals surface area contributed by atoms with Crippen LogP contribution in [0.1, 0.15) is 84.0 Å². The molecule has 2 amide bonds. The molecule has 2 aromatic carbocycles. The van der Waals surface area contributed by atoms with Crippen LogP contribution in [0.5, 0.6) is 11.5 Å². The van der Waals surface area contributed by atoms with Gasteiger partial charge in [-0.1, -0.05) is 75.6 Å². The Balaban J connectivity index is 0.000000160. The van der Waals surface area contributed by atoms with Gasteiger partial charge in [0.1, 0.15) is 11.5 Å². The lowest BCUT2D eigenvalue weighted by molar-refractivity contribution is -0.212. The van der Waals surface area contributed by atoms with Gasteiger partial charge in [0.15, 0.2) is 0 Å². The maximum absolute atomic E-state index is 13.0. The Labute approximate surface area is 344 Å². The quantitative estimate of drug-likeness (QED) is 0.173. The molecule has 12 nitrogen and oxygen atoms in total. The van der Waals surface area contributed by atoms with E-state index in [4.69, 9.17) is 14.8 Å². The van der Waals surface area contributed by atoms with Crippen LogP contribution in [-0.2, 0) is 32.4 Å². The number of nitrogens with one attached hydrogen (secondary N) is 1. The van der Waals surface area contributed by atoms with Crippen molar-refractivity contribution < 1.29 is 29.5 Å². The normalized spacial score (nSPS) is 21.0. The topological polar surface area (TPSA) is 141 Å². The van der Waals surface area contributed by atoms with Gasteiger partial charge in [0, 0.05) is 23.2 Å². The lowest BCUT2D eigenvalue weighted by Gasteiger charge is -2.41. The molecule has 4 fully saturated rings. The fourth-order valence-electron chi connectivity index (χ4n) is 7.44. The molecule has 8 rings (SSSR count). The summed E-state index contributed by atoms with van der Waals surface area (Å²) in [6.07, 6.45) is 8.76. The predicted molar refractivity (Wildman–Crippen MR) is 221 cm³/mol. The third kappa shape index (κ3) is 12.3. The predicted octanol–water partition coefficient (Wildman–Crippen LogP) is 6.68. The Kier molecular flexibility index (Phi) is 15.4. The Morgan fingerprint density at radius 1 is 0.649 bits per heavy atom. The number of aryl methyl sites for hydroxylation is 2. The highest BCUT2D eigenvalue weighted by Crippen LogP contribution is 2.30. The lowest BCUT2D eigenvalue weighted by atomic mass is 9.91. The average Bonchev–Trinajstić information content (AvgIpc) is 3.23. The van der Waals surface area contributed by atoms with Crippen LogP contribution < -0.4 is 5.32 Å². The number of halogens is 1. The summed E-state index contributed by atoms with van der Waals surface area (Å²) in [6.45, 7) is 10.2. The van der Waals surface area contributed by atoms with Crippen molar-refractivity contribution in [3.63, 3.8) is 0 Å². The Morgan fingerprint density at radius 2 is 1.12 bits per heavy atom. The van der Waals surface area contributed by atoms with Crippen molar-refractivity contribution in [3.05, 3.63) is 119 Å². The van der Waals surface area contributed by atoms with Gasteiger partial charge in [-0.05, 0) is 114 Å². The molecule has 2 aromatic heterocycles. The number of nitrogens with zero attached hydrogens (tertiary/aromatic N) is 5. The number of aromatic nitrogens is 2. The zero-order valence-electron chi connectivity index (χ0n) is 32.9. The molecular weight excluding hydrogens is 788 g/mol. The van der Waals surface area contributed by atoms with E-state index in [1.165, 1.54) is 33.6 Å². The monoisotopic (exact) mass is 842 g/mol. The fraction of sp³-hybridized carbons (Fsp3) is 0.455. The SMILES string of the molecule is Cc1ccc(CN2OCCC(Br)C2=O)cc1.Cc1ccc(CN2OCCC(N3CCC(c4ccc(O)cn4)CC3)C2=O)cc1.Oc1ccc(C2CCNCC2)nc1. The summed E-state index contributed by atoms with van der Waals surface area (Å²) in [5.74, 6) is 1.47. The van der Waals surface area contributed by atoms with E-state index in [9.17, 15) is 14.7 Å². The van der Waals surface area contributed by atoms with Crippen LogP contribution in [0.25, 0.3) is 0 Å². The number of alkyl halides is 1. The minimum absolute atomic E-state index is 0.00632. The van der Waals surface area contributed by atoms with Gasteiger partial charge in [0.05, 0.1) is 49.6 Å². The number of piperidine rings is 2. The molecule has 0 aliphatic carbocycles. The number of carbonyl (C=O) groups excluding carboxylic acids is 2. The molecule has 0 radical (unpaired) electrons. The number of hydrogen-bond acceptors (Lipinski definition) is 10. The maximum Gasteiger partial charge on any atom is 0.263 e. The van der Waals surface area contributed by atoms with Crippen molar-refractivity contribution in [2.24, 2.45) is 0 Å². The first-order valence-electron chi connectivity index (χ1n) is 20.0. The molecule has 13 heteroatoms. The standard InChI is InChI=1S/C22H27N3O3.C12H14BrNO2.C10H14N2O/c1-16-2-4-17(5-3-16)15-25-22(27)21(10-13-28-25)24-11-8-18(9-12-24)20-7-6-19(26)14-23-20;1-9-2-4-10(5-3-9)8-14-12(15)11(13)6-7-16-14;13-9-1-2-10(12-7-9)8-3-5-11-6-4-8/h2-7,14,18,21,26H,8-13,15H2,1H3;2-5,11H,6-8H2,1H3;1-2,7-8,11,13H,3-6H2. The minimum atomic E-state index is -0.105. The third-order valence-electron chi connectivity index (χ3n) is 10.9. The number of carbonyl (C=O) groups is 2. The van der Waals surface area contributed by atoms with E-state index in [1.54, 1.807) is 12.1 Å². The van der Waals surface area contributed by atoms with Gasteiger partial charge in [0.2, 0.25) is 0 Å². The Morgan fingerprint density at radius 3 is 1.61 bits per heavy atom. The first-order chi connectivity index (χ1) is 27.6. The molecule has 0 bridgehead atoms. The summed E-state index contributed by atoms with van der Waals surface area (Å²) in [7, 11) is 0. The summed E-state index contributed by atoms with van der Waals surface area (Å²) in [5, 5.41) is 24.8. The van der Waals surface area contributed by atoms with Gasteiger partial charge in [-0.25, -0.2) is 10.1 Å². The number of hydrogen-bond donors (Lipinski definition) is 3. The van der Waals surface area contributed by atoms with Crippen molar-refractivity contribution in [2.45, 2.75) is 88.2 Å². The zero-order chi connectivity index (χ0) is 40.1. The molecule has 0 saturated carbocycles. The van der Waals surface area contributed by atoms with Crippen molar-refractivity contribution in [3.8, 4) is 11.5 Å². The second kappa shape index (κ2) is 20.9. The Hall–Kier alpha value is -4.40. The van der Waals surface area contributed by atoms with Crippen molar-refractivity contribution in [2.75, 3.05) is 39.4 Å². The summed E-state index contributed by atoms with van der Waals surface area (Å²) in [5.41, 5.74) is 6.72. The minimum Gasteiger partial charge on any atom is -0.506 e. The van der Waals surface area contributed by atoms with Gasteiger partial charge >= 0.3 is 0 Å². The van der Waals surface area contributed by atoms with Gasteiger partial charge in [-0.15, -0.1) is 0 Å². The smallest absolute Gasteiger partial charge is 0.263 e. The van der Waals surface area contributed by atoms with E-state index in [-0.39, 0.29) is 34.2 Å². The van der Waals surface area contributed by atoms with Crippen molar-refractivity contribution >= 4 is 27.7 Å². The third-order valence-corrected chi connectivity index (χ3v) is 11.7. The van der Waals surface area contributed by atoms with Crippen LogP contribution in [0, 0.1) is 13.8 Å². The number of amides is 2. The number of benzene rings is 2. The van der Waals surface area contributed by atoms with Crippen LogP contribution in [0.3, 0.4) is 0 Å². The molecule has 4 saturated heterocycles. The number of hydroxylamine groups is 4. The van der Waals surface area contributed by atoms with E-state index in [0.29, 0.717) is 38.1 Å². The van der Waals surface area contributed by atoms with Crippen LogP contribution in [-0.4, -0.2) is 97.3 Å². The molecule has 304 valence electrons. The molecule has 4 aliphatic rings. The van der Waals surface area contributed by atoms with Gasteiger partial charge in [-0.3, -0.25) is 34.1 Å². The molecule has 3 N–H and O–H groups in total. The first kappa shape index (κ1) is 42.2. The molecular formula is C44H55BrN6O6. The largest absolute Gasteiger partial charge is 0.506 e. The van der Waals surface area contributed by atoms with E-state index in [2.05, 4.69) is 55.2 Å². The van der Waals surface area contributed by atoms with Crippen molar-refractivity contribution in [1.29, 1.82) is 0 Å². The molecule has 6 heterocycles. The lowest BCUT2D eigenvalue weighted by Crippen LogP contribution is -2.54. The van der Waals surface area contributed by atoms with Gasteiger partial charge < -0.3 is 15.5 Å². The zero-order valence-corrected chi connectivity index (χ0v) is 34.5. The molecule has 4 aromatic rings. The van der Waals surface area contributed by atoms with Crippen LogP contribution in [0.4, 0.5) is 0 Å². The summed E-state index contributed by atoms with van der Waals surface area (Å²) in [4.78, 5) is 46.5. The van der Waals surface area contributed by atoms with Crippen LogP contribution in [0.2, 0.25) is 0 Å². The maximum atomic E-state index is 13.0. The fourth-order valence-corrected chi connectivity index (χ4v) is 7.86. The molecule has 4 aliphatic heterocycles. The molecule has 2 unspecified atom stereocenters. The van der Waals surface area contributed by atoms with Gasteiger partial charge in [0.25, 0.3) is 11.8 Å². The van der Waals surface area contributed by atoms with Gasteiger partial charge in [-0.2, -0.15) is 0 Å². The summed E-state index contributed by atoms with van der Waals surface area (Å²) in [6, 6.07) is 23.4. The molecule has 2 atom stereocenters. The summed E-state index contributed by atoms with van der Waals surface area (Å²) >= 11 is 3.35. The van der Waals surface area contributed by atoms with Crippen LogP contribution >= 0.6 is 15.9 Å². The van der Waals surface area contributed by atoms with Crippen molar-refractivity contribution in [1.82, 2.24) is 30.3 Å². The molecule has 57 heavy (non-hydrogen) atoms. The summed E-state index contributed by atoms with van der Waals surface area (Å²) < 4.78 is 0. The van der Waals surface area contributed by atoms with Crippen LogP contribution in [0.15, 0.2) is 85.2 Å². The first-order valence-corrected chi connectivity index (χ1v) is 20.9. The number of likely N-dealkylation sites (tertiary alicyclic amines) is 1. The second-order valence-corrected chi connectivity index (χ2v) is 16.3. The average molecular weight is 844 g/mol. The highest BCUT2D eigenvalue weighted by Gasteiger charge is 2.36. The van der Waals surface area contributed by atoms with E-state index in [1.807, 2.05) is 55.5 Å². The highest BCUT2D eigenvalue weighted by molar-refractivity contribution is 9.10. The van der Waals surface area contributed by atoms with E-state index < -0.39 is 0 Å². The number of pyridine rings is 2. The number of rotatable bonds is 7. The number of aromatic hydroxyl groups is 2.